The Balaban J connectivity index is 3.46. The van der Waals surface area contributed by atoms with Gasteiger partial charge in [-0.1, -0.05) is 6.92 Å². The van der Waals surface area contributed by atoms with Crippen LogP contribution in [0.4, 0.5) is 0 Å². The largest absolute Gasteiger partial charge is 0.297 e. The van der Waals surface area contributed by atoms with E-state index in [2.05, 4.69) is 4.89 Å². The van der Waals surface area contributed by atoms with Gasteiger partial charge in [-0.25, -0.2) is 0 Å². The maximum Gasteiger partial charge on any atom is 0.164 e. The average molecular weight is 117 g/mol. The van der Waals surface area contributed by atoms with E-state index in [1.807, 2.05) is 0 Å². The van der Waals surface area contributed by atoms with E-state index in [4.69, 9.17) is 0 Å². The van der Waals surface area contributed by atoms with Gasteiger partial charge in [0, 0.05) is 6.42 Å². The van der Waals surface area contributed by atoms with Crippen LogP contribution in [0.15, 0.2) is 0 Å². The van der Waals surface area contributed by atoms with E-state index in [0.717, 1.165) is 0 Å². The number of Topliss-reactive ketones (excluding diaryl/α,β-unsaturated/α-hetero) is 1. The SMILES string of the molecule is CCC(=O)C(C)O[O]. The molecule has 0 N–H and O–H groups in total. The predicted molar refractivity (Wildman–Crippen MR) is 26.5 cm³/mol. The van der Waals surface area contributed by atoms with Gasteiger partial charge in [-0.15, -0.1) is 0 Å². The van der Waals surface area contributed by atoms with E-state index >= 15 is 0 Å². The zero-order valence-electron chi connectivity index (χ0n) is 5.01. The van der Waals surface area contributed by atoms with Crippen molar-refractivity contribution in [1.82, 2.24) is 0 Å². The summed E-state index contributed by atoms with van der Waals surface area (Å²) in [5.74, 6) is -0.153. The number of carbonyl (C=O) groups is 1. The first kappa shape index (κ1) is 7.59. The standard InChI is InChI=1S/C5H9O3/c1-3-5(6)4(2)8-7/h4H,3H2,1-2H3. The number of hydrogen-bond acceptors (Lipinski definition) is 2. The maximum atomic E-state index is 10.4. The maximum absolute atomic E-state index is 10.4. The van der Waals surface area contributed by atoms with Crippen LogP contribution in [0.2, 0.25) is 0 Å². The summed E-state index contributed by atoms with van der Waals surface area (Å²) in [6.45, 7) is 3.14. The molecule has 0 rings (SSSR count). The van der Waals surface area contributed by atoms with Gasteiger partial charge < -0.3 is 0 Å². The summed E-state index contributed by atoms with van der Waals surface area (Å²) < 4.78 is 0. The Labute approximate surface area is 48.2 Å². The molecule has 8 heavy (non-hydrogen) atoms. The Hall–Kier alpha value is -0.410. The van der Waals surface area contributed by atoms with Gasteiger partial charge in [0.25, 0.3) is 0 Å². The topological polar surface area (TPSA) is 46.2 Å². The smallest absolute Gasteiger partial charge is 0.164 e. The van der Waals surface area contributed by atoms with Crippen molar-refractivity contribution >= 4 is 5.78 Å². The van der Waals surface area contributed by atoms with Crippen LogP contribution in [0.1, 0.15) is 20.3 Å². The van der Waals surface area contributed by atoms with Crippen LogP contribution in [0.3, 0.4) is 0 Å². The zero-order valence-corrected chi connectivity index (χ0v) is 5.01. The third-order valence-corrected chi connectivity index (χ3v) is 0.946. The second-order valence-electron chi connectivity index (χ2n) is 1.56. The molecule has 3 nitrogen and oxygen atoms in total. The molecule has 0 fully saturated rings. The molecule has 0 aromatic heterocycles. The molecule has 0 amide bonds. The molecule has 1 unspecified atom stereocenters. The highest BCUT2D eigenvalue weighted by Gasteiger charge is 2.09. The van der Waals surface area contributed by atoms with Crippen molar-refractivity contribution in [3.8, 4) is 0 Å². The molecule has 47 valence electrons. The molecular formula is C5H9O3. The van der Waals surface area contributed by atoms with Crippen molar-refractivity contribution in [2.45, 2.75) is 26.4 Å². The summed E-state index contributed by atoms with van der Waals surface area (Å²) in [6.07, 6.45) is -0.413. The fourth-order valence-electron chi connectivity index (χ4n) is 0.341. The van der Waals surface area contributed by atoms with Gasteiger partial charge in [0.05, 0.1) is 0 Å². The van der Waals surface area contributed by atoms with Crippen LogP contribution >= 0.6 is 0 Å². The molecule has 3 heteroatoms. The summed E-state index contributed by atoms with van der Waals surface area (Å²) in [5, 5.41) is 9.51. The molecular weight excluding hydrogens is 108 g/mol. The lowest BCUT2D eigenvalue weighted by Gasteiger charge is -1.99. The quantitative estimate of drug-likeness (QED) is 0.403. The third-order valence-electron chi connectivity index (χ3n) is 0.946. The minimum atomic E-state index is -0.778. The number of carbonyl (C=O) groups excluding carboxylic acids is 1. The van der Waals surface area contributed by atoms with E-state index in [-0.39, 0.29) is 5.78 Å². The van der Waals surface area contributed by atoms with Gasteiger partial charge in [0.1, 0.15) is 0 Å². The lowest BCUT2D eigenvalue weighted by Crippen LogP contribution is -2.16. The first-order valence-corrected chi connectivity index (χ1v) is 2.53. The lowest BCUT2D eigenvalue weighted by molar-refractivity contribution is -0.322. The highest BCUT2D eigenvalue weighted by molar-refractivity contribution is 5.82. The van der Waals surface area contributed by atoms with E-state index in [0.29, 0.717) is 6.42 Å². The molecule has 0 spiro atoms. The van der Waals surface area contributed by atoms with E-state index in [1.165, 1.54) is 6.92 Å². The fourth-order valence-corrected chi connectivity index (χ4v) is 0.341. The molecule has 1 atom stereocenters. The molecule has 0 aromatic carbocycles. The molecule has 0 aliphatic heterocycles. The van der Waals surface area contributed by atoms with Crippen molar-refractivity contribution in [3.05, 3.63) is 0 Å². The Morgan fingerprint density at radius 3 is 2.38 bits per heavy atom. The van der Waals surface area contributed by atoms with Crippen LogP contribution in [0, 0.1) is 0 Å². The summed E-state index contributed by atoms with van der Waals surface area (Å²) in [5.41, 5.74) is 0. The Kier molecular flexibility index (Phi) is 3.39. The van der Waals surface area contributed by atoms with Crippen LogP contribution in [-0.4, -0.2) is 11.9 Å². The van der Waals surface area contributed by atoms with E-state index < -0.39 is 6.10 Å². The van der Waals surface area contributed by atoms with Crippen molar-refractivity contribution in [1.29, 1.82) is 0 Å². The van der Waals surface area contributed by atoms with Crippen molar-refractivity contribution < 1.29 is 14.9 Å². The number of rotatable bonds is 3. The minimum absolute atomic E-state index is 0.153. The Morgan fingerprint density at radius 1 is 1.75 bits per heavy atom. The Morgan fingerprint density at radius 2 is 2.25 bits per heavy atom. The van der Waals surface area contributed by atoms with Crippen LogP contribution < -0.4 is 0 Å². The monoisotopic (exact) mass is 117 g/mol. The number of hydrogen-bond donors (Lipinski definition) is 0. The molecule has 0 saturated heterocycles. The van der Waals surface area contributed by atoms with Gasteiger partial charge in [0.15, 0.2) is 11.9 Å². The van der Waals surface area contributed by atoms with Gasteiger partial charge >= 0.3 is 0 Å². The third kappa shape index (κ3) is 2.04. The van der Waals surface area contributed by atoms with Crippen molar-refractivity contribution in [2.75, 3.05) is 0 Å². The van der Waals surface area contributed by atoms with Gasteiger partial charge in [0.2, 0.25) is 0 Å². The van der Waals surface area contributed by atoms with Crippen molar-refractivity contribution in [2.24, 2.45) is 0 Å². The van der Waals surface area contributed by atoms with E-state index in [1.54, 1.807) is 6.92 Å². The van der Waals surface area contributed by atoms with Crippen molar-refractivity contribution in [3.63, 3.8) is 0 Å². The number of ketones is 1. The Bertz CT molecular complexity index is 79.7. The molecule has 0 saturated carbocycles. The molecule has 0 heterocycles. The lowest BCUT2D eigenvalue weighted by atomic mass is 10.2. The van der Waals surface area contributed by atoms with Crippen LogP contribution in [0.5, 0.6) is 0 Å². The molecule has 1 radical (unpaired) electrons. The van der Waals surface area contributed by atoms with Gasteiger partial charge in [-0.05, 0) is 12.2 Å². The van der Waals surface area contributed by atoms with Gasteiger partial charge in [-0.3, -0.25) is 4.79 Å². The predicted octanol–water partition coefficient (Wildman–Crippen LogP) is 0.716. The summed E-state index contributed by atoms with van der Waals surface area (Å²) in [4.78, 5) is 13.9. The van der Waals surface area contributed by atoms with Gasteiger partial charge in [-0.2, -0.15) is 4.89 Å². The second-order valence-corrected chi connectivity index (χ2v) is 1.56. The highest BCUT2D eigenvalue weighted by Crippen LogP contribution is 1.92. The molecule has 0 aliphatic rings. The fraction of sp³-hybridized carbons (Fsp3) is 0.800. The summed E-state index contributed by atoms with van der Waals surface area (Å²) >= 11 is 0. The summed E-state index contributed by atoms with van der Waals surface area (Å²) in [6, 6.07) is 0. The van der Waals surface area contributed by atoms with Crippen LogP contribution in [-0.2, 0) is 14.9 Å². The first-order chi connectivity index (χ1) is 3.72. The average Bonchev–Trinajstić information content (AvgIpc) is 1.84. The first-order valence-electron chi connectivity index (χ1n) is 2.53. The normalized spacial score (nSPS) is 13.4. The highest BCUT2D eigenvalue weighted by atomic mass is 17.1. The second kappa shape index (κ2) is 3.57. The zero-order chi connectivity index (χ0) is 6.57. The minimum Gasteiger partial charge on any atom is -0.297 e. The van der Waals surface area contributed by atoms with E-state index in [9.17, 15) is 10.1 Å². The van der Waals surface area contributed by atoms with Crippen LogP contribution in [0.25, 0.3) is 0 Å². The molecule has 0 aromatic rings. The molecule has 0 bridgehead atoms. The molecule has 0 aliphatic carbocycles. The summed E-state index contributed by atoms with van der Waals surface area (Å²) in [7, 11) is 0.